The molecule has 20 heavy (non-hydrogen) atoms. The molecule has 7 heteroatoms. The number of hydrogen-bond donors (Lipinski definition) is 2. The van der Waals surface area contributed by atoms with Crippen LogP contribution in [0.5, 0.6) is 0 Å². The van der Waals surface area contributed by atoms with Gasteiger partial charge in [-0.15, -0.1) is 0 Å². The van der Waals surface area contributed by atoms with Crippen LogP contribution in [0.2, 0.25) is 0 Å². The quantitative estimate of drug-likeness (QED) is 0.817. The van der Waals surface area contributed by atoms with Crippen LogP contribution in [0, 0.1) is 5.92 Å². The lowest BCUT2D eigenvalue weighted by atomic mass is 9.89. The molecule has 2 saturated heterocycles. The Morgan fingerprint density at radius 3 is 2.60 bits per heavy atom. The third-order valence-electron chi connectivity index (χ3n) is 4.17. The van der Waals surface area contributed by atoms with Gasteiger partial charge in [0.05, 0.1) is 6.54 Å². The Hall–Kier alpha value is -0.820. The SMILES string of the molecule is O=C(CN1CCCC1C1CCNCC1)NCC(F)(F)F. The predicted molar refractivity (Wildman–Crippen MR) is 69.3 cm³/mol. The van der Waals surface area contributed by atoms with Gasteiger partial charge in [-0.2, -0.15) is 13.2 Å². The molecule has 0 spiro atoms. The molecule has 4 nitrogen and oxygen atoms in total. The molecule has 2 aliphatic heterocycles. The van der Waals surface area contributed by atoms with Gasteiger partial charge in [-0.25, -0.2) is 0 Å². The minimum Gasteiger partial charge on any atom is -0.346 e. The zero-order valence-corrected chi connectivity index (χ0v) is 11.5. The van der Waals surface area contributed by atoms with Crippen molar-refractivity contribution in [2.75, 3.05) is 32.7 Å². The van der Waals surface area contributed by atoms with Crippen molar-refractivity contribution in [2.45, 2.75) is 37.9 Å². The summed E-state index contributed by atoms with van der Waals surface area (Å²) in [6, 6.07) is 0.355. The monoisotopic (exact) mass is 293 g/mol. The standard InChI is InChI=1S/C13H22F3N3O/c14-13(15,16)9-18-12(20)8-19-7-1-2-11(19)10-3-5-17-6-4-10/h10-11,17H,1-9H2,(H,18,20). The predicted octanol–water partition coefficient (Wildman–Crippen LogP) is 1.13. The Balaban J connectivity index is 1.80. The van der Waals surface area contributed by atoms with E-state index >= 15 is 0 Å². The van der Waals surface area contributed by atoms with Gasteiger partial charge in [0, 0.05) is 6.04 Å². The second-order valence-electron chi connectivity index (χ2n) is 5.66. The number of carbonyl (C=O) groups excluding carboxylic acids is 1. The van der Waals surface area contributed by atoms with E-state index in [-0.39, 0.29) is 6.54 Å². The third kappa shape index (κ3) is 4.63. The van der Waals surface area contributed by atoms with Gasteiger partial charge in [-0.05, 0) is 51.2 Å². The zero-order valence-electron chi connectivity index (χ0n) is 11.5. The molecule has 2 heterocycles. The van der Waals surface area contributed by atoms with Crippen LogP contribution in [-0.2, 0) is 4.79 Å². The summed E-state index contributed by atoms with van der Waals surface area (Å²) in [4.78, 5) is 13.7. The first-order valence-corrected chi connectivity index (χ1v) is 7.24. The van der Waals surface area contributed by atoms with Gasteiger partial charge in [-0.3, -0.25) is 9.69 Å². The first-order chi connectivity index (χ1) is 9.46. The van der Waals surface area contributed by atoms with Crippen molar-refractivity contribution in [1.29, 1.82) is 0 Å². The lowest BCUT2D eigenvalue weighted by molar-refractivity contribution is -0.139. The van der Waals surface area contributed by atoms with Crippen molar-refractivity contribution in [3.63, 3.8) is 0 Å². The number of hydrogen-bond acceptors (Lipinski definition) is 3. The Morgan fingerprint density at radius 2 is 1.95 bits per heavy atom. The molecule has 1 amide bonds. The molecule has 0 aromatic rings. The third-order valence-corrected chi connectivity index (χ3v) is 4.17. The van der Waals surface area contributed by atoms with Crippen LogP contribution in [0.4, 0.5) is 13.2 Å². The van der Waals surface area contributed by atoms with E-state index in [1.807, 2.05) is 5.32 Å². The second-order valence-corrected chi connectivity index (χ2v) is 5.66. The minimum atomic E-state index is -4.34. The molecule has 0 aromatic carbocycles. The Bertz CT molecular complexity index is 329. The number of amides is 1. The van der Waals surface area contributed by atoms with E-state index in [2.05, 4.69) is 10.2 Å². The number of piperidine rings is 1. The molecule has 0 aliphatic carbocycles. The van der Waals surface area contributed by atoms with Gasteiger partial charge in [-0.1, -0.05) is 0 Å². The smallest absolute Gasteiger partial charge is 0.346 e. The van der Waals surface area contributed by atoms with Gasteiger partial charge in [0.1, 0.15) is 6.54 Å². The van der Waals surface area contributed by atoms with Crippen molar-refractivity contribution in [3.05, 3.63) is 0 Å². The van der Waals surface area contributed by atoms with Crippen LogP contribution in [0.1, 0.15) is 25.7 Å². The van der Waals surface area contributed by atoms with Crippen molar-refractivity contribution >= 4 is 5.91 Å². The summed E-state index contributed by atoms with van der Waals surface area (Å²) in [6.45, 7) is 1.65. The van der Waals surface area contributed by atoms with E-state index in [1.54, 1.807) is 0 Å². The zero-order chi connectivity index (χ0) is 14.6. The molecule has 2 aliphatic rings. The number of alkyl halides is 3. The van der Waals surface area contributed by atoms with Crippen LogP contribution in [0.3, 0.4) is 0 Å². The molecule has 2 fully saturated rings. The molecule has 2 rings (SSSR count). The highest BCUT2D eigenvalue weighted by Gasteiger charge is 2.34. The van der Waals surface area contributed by atoms with Crippen LogP contribution in [-0.4, -0.2) is 55.7 Å². The maximum atomic E-state index is 12.1. The highest BCUT2D eigenvalue weighted by Crippen LogP contribution is 2.29. The summed E-state index contributed by atoms with van der Waals surface area (Å²) in [5.74, 6) is 0.0392. The molecule has 116 valence electrons. The summed E-state index contributed by atoms with van der Waals surface area (Å²) >= 11 is 0. The fourth-order valence-electron chi connectivity index (χ4n) is 3.25. The Morgan fingerprint density at radius 1 is 1.25 bits per heavy atom. The first kappa shape index (κ1) is 15.6. The summed E-state index contributed by atoms with van der Waals surface area (Å²) in [7, 11) is 0. The fraction of sp³-hybridized carbons (Fsp3) is 0.923. The Labute approximate surface area is 117 Å². The van der Waals surface area contributed by atoms with Gasteiger partial charge in [0.25, 0.3) is 0 Å². The highest BCUT2D eigenvalue weighted by molar-refractivity contribution is 5.78. The van der Waals surface area contributed by atoms with Crippen LogP contribution >= 0.6 is 0 Å². The van der Waals surface area contributed by atoms with Crippen LogP contribution in [0.25, 0.3) is 0 Å². The summed E-state index contributed by atoms with van der Waals surface area (Å²) < 4.78 is 36.2. The lowest BCUT2D eigenvalue weighted by Crippen LogP contribution is -2.46. The van der Waals surface area contributed by atoms with Crippen LogP contribution in [0.15, 0.2) is 0 Å². The largest absolute Gasteiger partial charge is 0.405 e. The first-order valence-electron chi connectivity index (χ1n) is 7.24. The number of halogens is 3. The molecule has 1 atom stereocenters. The number of carbonyl (C=O) groups is 1. The van der Waals surface area contributed by atoms with Gasteiger partial charge in [0.2, 0.25) is 5.91 Å². The number of likely N-dealkylation sites (tertiary alicyclic amines) is 1. The van der Waals surface area contributed by atoms with E-state index in [0.717, 1.165) is 45.3 Å². The summed E-state index contributed by atoms with van der Waals surface area (Å²) in [5.41, 5.74) is 0. The van der Waals surface area contributed by atoms with Crippen LogP contribution < -0.4 is 10.6 Å². The molecule has 0 bridgehead atoms. The highest BCUT2D eigenvalue weighted by atomic mass is 19.4. The van der Waals surface area contributed by atoms with Gasteiger partial charge < -0.3 is 10.6 Å². The van der Waals surface area contributed by atoms with E-state index in [0.29, 0.717) is 12.0 Å². The van der Waals surface area contributed by atoms with Crippen molar-refractivity contribution < 1.29 is 18.0 Å². The van der Waals surface area contributed by atoms with E-state index in [4.69, 9.17) is 0 Å². The van der Waals surface area contributed by atoms with E-state index in [1.165, 1.54) is 0 Å². The maximum Gasteiger partial charge on any atom is 0.405 e. The van der Waals surface area contributed by atoms with Crippen molar-refractivity contribution in [3.8, 4) is 0 Å². The average molecular weight is 293 g/mol. The molecule has 0 aromatic heterocycles. The topological polar surface area (TPSA) is 44.4 Å². The number of nitrogens with zero attached hydrogens (tertiary/aromatic N) is 1. The summed E-state index contributed by atoms with van der Waals surface area (Å²) in [6.07, 6.45) is -0.0792. The number of rotatable bonds is 4. The molecular formula is C13H22F3N3O. The molecular weight excluding hydrogens is 271 g/mol. The fourth-order valence-corrected chi connectivity index (χ4v) is 3.25. The van der Waals surface area contributed by atoms with E-state index in [9.17, 15) is 18.0 Å². The molecule has 0 radical (unpaired) electrons. The lowest BCUT2D eigenvalue weighted by Gasteiger charge is -2.34. The summed E-state index contributed by atoms with van der Waals surface area (Å²) in [5, 5.41) is 5.26. The van der Waals surface area contributed by atoms with Crippen molar-refractivity contribution in [2.24, 2.45) is 5.92 Å². The second kappa shape index (κ2) is 6.76. The average Bonchev–Trinajstić information content (AvgIpc) is 2.85. The minimum absolute atomic E-state index is 0.0880. The molecule has 1 unspecified atom stereocenters. The van der Waals surface area contributed by atoms with Gasteiger partial charge >= 0.3 is 6.18 Å². The van der Waals surface area contributed by atoms with Gasteiger partial charge in [0.15, 0.2) is 0 Å². The van der Waals surface area contributed by atoms with Crippen molar-refractivity contribution in [1.82, 2.24) is 15.5 Å². The Kier molecular flexibility index (Phi) is 5.26. The molecule has 0 saturated carbocycles. The normalized spacial score (nSPS) is 25.9. The maximum absolute atomic E-state index is 12.1. The van der Waals surface area contributed by atoms with E-state index < -0.39 is 18.6 Å². The number of nitrogens with one attached hydrogen (secondary N) is 2. The molecule has 2 N–H and O–H groups in total.